The molecule has 0 radical (unpaired) electrons. The Morgan fingerprint density at radius 3 is 2.76 bits per heavy atom. The summed E-state index contributed by atoms with van der Waals surface area (Å²) in [5.74, 6) is -1.26. The Kier molecular flexibility index (Phi) is 4.42. The van der Waals surface area contributed by atoms with Gasteiger partial charge in [-0.25, -0.2) is 0 Å². The Bertz CT molecular complexity index is 688. The fourth-order valence-electron chi connectivity index (χ4n) is 2.37. The first kappa shape index (κ1) is 14.8. The Hall–Kier alpha value is -2.56. The van der Waals surface area contributed by atoms with E-state index in [1.165, 1.54) is 11.0 Å². The number of nitrogens with zero attached hydrogens (tertiary/aromatic N) is 2. The van der Waals surface area contributed by atoms with Gasteiger partial charge in [0.2, 0.25) is 5.91 Å². The monoisotopic (exact) mass is 286 g/mol. The van der Waals surface area contributed by atoms with Crippen molar-refractivity contribution in [3.05, 3.63) is 48.7 Å². The van der Waals surface area contributed by atoms with Gasteiger partial charge in [-0.05, 0) is 24.4 Å². The highest BCUT2D eigenvalue weighted by molar-refractivity contribution is 5.85. The summed E-state index contributed by atoms with van der Waals surface area (Å²) in [6.07, 6.45) is 1.53. The van der Waals surface area contributed by atoms with Crippen molar-refractivity contribution in [3.63, 3.8) is 0 Å². The van der Waals surface area contributed by atoms with Crippen molar-refractivity contribution < 1.29 is 14.7 Å². The molecule has 1 aromatic carbocycles. The standard InChI is InChI=1S/C16H18N2O3/c1-3-8-17(11-16(20)21)15(19)10-18-12(2)9-13-6-4-5-7-14(13)18/h3-7,9H,1,8,10-11H2,2H3,(H,20,21). The van der Waals surface area contributed by atoms with E-state index in [4.69, 9.17) is 5.11 Å². The number of aromatic nitrogens is 1. The van der Waals surface area contributed by atoms with Gasteiger partial charge in [-0.1, -0.05) is 24.3 Å². The van der Waals surface area contributed by atoms with Crippen molar-refractivity contribution in [2.24, 2.45) is 0 Å². The van der Waals surface area contributed by atoms with Gasteiger partial charge in [0.25, 0.3) is 0 Å². The molecule has 0 bridgehead atoms. The van der Waals surface area contributed by atoms with Crippen LogP contribution in [0.5, 0.6) is 0 Å². The number of aryl methyl sites for hydroxylation is 1. The van der Waals surface area contributed by atoms with Gasteiger partial charge in [0.15, 0.2) is 0 Å². The van der Waals surface area contributed by atoms with Crippen molar-refractivity contribution in [2.45, 2.75) is 13.5 Å². The number of carbonyl (C=O) groups excluding carboxylic acids is 1. The number of hydrogen-bond acceptors (Lipinski definition) is 2. The van der Waals surface area contributed by atoms with Crippen LogP contribution in [0.3, 0.4) is 0 Å². The molecule has 0 aliphatic rings. The molecule has 0 spiro atoms. The number of hydrogen-bond donors (Lipinski definition) is 1. The molecule has 2 aromatic rings. The van der Waals surface area contributed by atoms with Crippen molar-refractivity contribution in [3.8, 4) is 0 Å². The van der Waals surface area contributed by atoms with Crippen molar-refractivity contribution in [1.29, 1.82) is 0 Å². The zero-order valence-corrected chi connectivity index (χ0v) is 12.0. The molecule has 0 fully saturated rings. The van der Waals surface area contributed by atoms with Crippen LogP contribution in [0.15, 0.2) is 43.0 Å². The topological polar surface area (TPSA) is 62.5 Å². The molecule has 1 heterocycles. The molecule has 110 valence electrons. The summed E-state index contributed by atoms with van der Waals surface area (Å²) in [4.78, 5) is 24.4. The maximum Gasteiger partial charge on any atom is 0.323 e. The normalized spacial score (nSPS) is 10.5. The van der Waals surface area contributed by atoms with Crippen LogP contribution in [-0.4, -0.2) is 39.5 Å². The second kappa shape index (κ2) is 6.26. The SMILES string of the molecule is C=CCN(CC(=O)O)C(=O)Cn1c(C)cc2ccccc21. The molecule has 0 aliphatic heterocycles. The van der Waals surface area contributed by atoms with Crippen molar-refractivity contribution in [2.75, 3.05) is 13.1 Å². The minimum absolute atomic E-state index is 0.125. The molecule has 1 aromatic heterocycles. The fraction of sp³-hybridized carbons (Fsp3) is 0.250. The third-order valence-corrected chi connectivity index (χ3v) is 3.34. The number of para-hydroxylation sites is 1. The first-order valence-corrected chi connectivity index (χ1v) is 6.68. The molecule has 0 aliphatic carbocycles. The summed E-state index contributed by atoms with van der Waals surface area (Å²) in [5.41, 5.74) is 1.94. The van der Waals surface area contributed by atoms with E-state index in [0.717, 1.165) is 16.6 Å². The van der Waals surface area contributed by atoms with E-state index in [1.807, 2.05) is 41.8 Å². The first-order chi connectivity index (χ1) is 10.0. The zero-order chi connectivity index (χ0) is 15.4. The summed E-state index contributed by atoms with van der Waals surface area (Å²) in [6.45, 7) is 5.53. The fourth-order valence-corrected chi connectivity index (χ4v) is 2.37. The molecular formula is C16H18N2O3. The summed E-state index contributed by atoms with van der Waals surface area (Å²) < 4.78 is 1.90. The highest BCUT2D eigenvalue weighted by Crippen LogP contribution is 2.19. The van der Waals surface area contributed by atoms with Crippen LogP contribution < -0.4 is 0 Å². The van der Waals surface area contributed by atoms with Crippen molar-refractivity contribution in [1.82, 2.24) is 9.47 Å². The van der Waals surface area contributed by atoms with Gasteiger partial charge >= 0.3 is 5.97 Å². The Morgan fingerprint density at radius 1 is 1.38 bits per heavy atom. The van der Waals surface area contributed by atoms with E-state index in [9.17, 15) is 9.59 Å². The van der Waals surface area contributed by atoms with E-state index < -0.39 is 5.97 Å². The molecule has 0 saturated heterocycles. The molecule has 0 atom stereocenters. The minimum Gasteiger partial charge on any atom is -0.480 e. The molecule has 1 N–H and O–H groups in total. The lowest BCUT2D eigenvalue weighted by Crippen LogP contribution is -2.38. The van der Waals surface area contributed by atoms with E-state index in [2.05, 4.69) is 6.58 Å². The minimum atomic E-state index is -1.03. The number of rotatable bonds is 6. The number of carboxylic acids is 1. The largest absolute Gasteiger partial charge is 0.480 e. The second-order valence-electron chi connectivity index (χ2n) is 4.89. The smallest absolute Gasteiger partial charge is 0.323 e. The highest BCUT2D eigenvalue weighted by Gasteiger charge is 2.17. The Morgan fingerprint density at radius 2 is 2.10 bits per heavy atom. The molecule has 5 nitrogen and oxygen atoms in total. The lowest BCUT2D eigenvalue weighted by atomic mass is 10.2. The molecule has 0 unspecified atom stereocenters. The highest BCUT2D eigenvalue weighted by atomic mass is 16.4. The summed E-state index contributed by atoms with van der Waals surface area (Å²) in [7, 11) is 0. The van der Waals surface area contributed by atoms with Crippen LogP contribution in [0.2, 0.25) is 0 Å². The maximum atomic E-state index is 12.3. The summed E-state index contributed by atoms with van der Waals surface area (Å²) in [5, 5.41) is 9.94. The van der Waals surface area contributed by atoms with Gasteiger partial charge in [-0.2, -0.15) is 0 Å². The van der Waals surface area contributed by atoms with Crippen LogP contribution in [0, 0.1) is 6.92 Å². The van der Waals surface area contributed by atoms with Gasteiger partial charge in [0, 0.05) is 17.8 Å². The second-order valence-corrected chi connectivity index (χ2v) is 4.89. The lowest BCUT2D eigenvalue weighted by molar-refractivity contribution is -0.144. The van der Waals surface area contributed by atoms with Crippen LogP contribution in [0.25, 0.3) is 10.9 Å². The van der Waals surface area contributed by atoms with Gasteiger partial charge in [0.05, 0.1) is 0 Å². The summed E-state index contributed by atoms with van der Waals surface area (Å²) >= 11 is 0. The number of aliphatic carboxylic acids is 1. The van der Waals surface area contributed by atoms with E-state index in [1.54, 1.807) is 0 Å². The van der Waals surface area contributed by atoms with E-state index >= 15 is 0 Å². The quantitative estimate of drug-likeness (QED) is 0.827. The zero-order valence-electron chi connectivity index (χ0n) is 12.0. The maximum absolute atomic E-state index is 12.3. The Balaban J connectivity index is 2.25. The number of benzene rings is 1. The van der Waals surface area contributed by atoms with E-state index in [-0.39, 0.29) is 25.5 Å². The first-order valence-electron chi connectivity index (χ1n) is 6.68. The number of fused-ring (bicyclic) bond motifs is 1. The summed E-state index contributed by atoms with van der Waals surface area (Å²) in [6, 6.07) is 9.81. The number of amides is 1. The predicted molar refractivity (Wildman–Crippen MR) is 81.1 cm³/mol. The molecular weight excluding hydrogens is 268 g/mol. The predicted octanol–water partition coefficient (Wildman–Crippen LogP) is 2.05. The number of carbonyl (C=O) groups is 2. The van der Waals surface area contributed by atoms with Crippen LogP contribution in [0.4, 0.5) is 0 Å². The van der Waals surface area contributed by atoms with Gasteiger partial charge in [-0.3, -0.25) is 9.59 Å². The number of carboxylic acid groups (broad SMARTS) is 1. The molecule has 0 saturated carbocycles. The average molecular weight is 286 g/mol. The third kappa shape index (κ3) is 3.31. The van der Waals surface area contributed by atoms with Gasteiger partial charge < -0.3 is 14.6 Å². The molecule has 21 heavy (non-hydrogen) atoms. The van der Waals surface area contributed by atoms with Crippen molar-refractivity contribution >= 4 is 22.8 Å². The van der Waals surface area contributed by atoms with Crippen LogP contribution >= 0.6 is 0 Å². The average Bonchev–Trinajstić information content (AvgIpc) is 2.74. The molecule has 5 heteroatoms. The van der Waals surface area contributed by atoms with Crippen LogP contribution in [0.1, 0.15) is 5.69 Å². The molecule has 1 amide bonds. The Labute approximate surface area is 123 Å². The van der Waals surface area contributed by atoms with E-state index in [0.29, 0.717) is 0 Å². The van der Waals surface area contributed by atoms with Gasteiger partial charge in [0.1, 0.15) is 13.1 Å². The van der Waals surface area contributed by atoms with Gasteiger partial charge in [-0.15, -0.1) is 6.58 Å². The van der Waals surface area contributed by atoms with Crippen LogP contribution in [-0.2, 0) is 16.1 Å². The molecule has 2 rings (SSSR count). The lowest BCUT2D eigenvalue weighted by Gasteiger charge is -2.20. The third-order valence-electron chi connectivity index (χ3n) is 3.34.